The molecule has 0 saturated carbocycles. The van der Waals surface area contributed by atoms with Crippen molar-refractivity contribution in [3.63, 3.8) is 0 Å². The minimum absolute atomic E-state index is 0.221. The van der Waals surface area contributed by atoms with Gasteiger partial charge in [-0.25, -0.2) is 0 Å². The van der Waals surface area contributed by atoms with Gasteiger partial charge in [0.05, 0.1) is 9.47 Å². The third kappa shape index (κ3) is 5.16. The van der Waals surface area contributed by atoms with Gasteiger partial charge in [-0.2, -0.15) is 0 Å². The summed E-state index contributed by atoms with van der Waals surface area (Å²) in [6, 6.07) is 16.3. The van der Waals surface area contributed by atoms with Crippen LogP contribution in [0.4, 0.5) is 0 Å². The Balaban J connectivity index is 2.53. The monoisotopic (exact) mass is 356 g/mol. The summed E-state index contributed by atoms with van der Waals surface area (Å²) in [4.78, 5) is 12.6. The fourth-order valence-electron chi connectivity index (χ4n) is 3.34. The Labute approximate surface area is 154 Å². The molecule has 0 aliphatic heterocycles. The van der Waals surface area contributed by atoms with Gasteiger partial charge in [0.2, 0.25) is 0 Å². The third-order valence-corrected chi connectivity index (χ3v) is 4.92. The van der Waals surface area contributed by atoms with Crippen LogP contribution in [0.2, 0.25) is 0 Å². The zero-order valence-corrected chi connectivity index (χ0v) is 16.5. The predicted molar refractivity (Wildman–Crippen MR) is 108 cm³/mol. The predicted octanol–water partition coefficient (Wildman–Crippen LogP) is 5.84. The van der Waals surface area contributed by atoms with Crippen LogP contribution >= 0.6 is 9.47 Å². The number of hydrogen-bond acceptors (Lipinski definition) is 2. The lowest BCUT2D eigenvalue weighted by Gasteiger charge is -2.21. The largest absolute Gasteiger partial charge is 0.451 e. The molecule has 2 unspecified atom stereocenters. The van der Waals surface area contributed by atoms with Crippen molar-refractivity contribution in [3.05, 3.63) is 70.8 Å². The molecule has 2 rings (SSSR count). The highest BCUT2D eigenvalue weighted by Crippen LogP contribution is 2.32. The van der Waals surface area contributed by atoms with Gasteiger partial charge in [-0.15, -0.1) is 0 Å². The topological polar surface area (TPSA) is 26.3 Å². The average Bonchev–Trinajstić information content (AvgIpc) is 2.66. The van der Waals surface area contributed by atoms with Gasteiger partial charge in [-0.3, -0.25) is 4.79 Å². The molecule has 0 heterocycles. The van der Waals surface area contributed by atoms with Gasteiger partial charge in [0.15, 0.2) is 0 Å². The summed E-state index contributed by atoms with van der Waals surface area (Å²) >= 11 is 0. The van der Waals surface area contributed by atoms with Gasteiger partial charge in [0, 0.05) is 0 Å². The van der Waals surface area contributed by atoms with Gasteiger partial charge >= 0.3 is 5.97 Å². The standard InChI is InChI=1S/C22H29O2P/c1-3-5-11-17-14-10-16-20(19(17)15-6-4-2)21(22(23)24-25)18-12-8-7-9-13-18/h7-10,12-14,16,21H,3-6,11,15,25H2,1-2H3. The van der Waals surface area contributed by atoms with E-state index in [1.54, 1.807) is 0 Å². The first-order valence-electron chi connectivity index (χ1n) is 9.29. The van der Waals surface area contributed by atoms with Crippen molar-refractivity contribution in [3.8, 4) is 0 Å². The van der Waals surface area contributed by atoms with Crippen LogP contribution in [-0.4, -0.2) is 5.97 Å². The molecule has 0 N–H and O–H groups in total. The van der Waals surface area contributed by atoms with E-state index in [4.69, 9.17) is 4.52 Å². The van der Waals surface area contributed by atoms with Crippen molar-refractivity contribution in [2.24, 2.45) is 0 Å². The molecule has 0 saturated heterocycles. The van der Waals surface area contributed by atoms with E-state index in [-0.39, 0.29) is 11.9 Å². The number of benzene rings is 2. The number of hydrogen-bond donors (Lipinski definition) is 0. The molecule has 25 heavy (non-hydrogen) atoms. The minimum atomic E-state index is -0.368. The maximum Gasteiger partial charge on any atom is 0.320 e. The Morgan fingerprint density at radius 1 is 0.960 bits per heavy atom. The molecule has 0 aromatic heterocycles. The Kier molecular flexibility index (Phi) is 8.15. The van der Waals surface area contributed by atoms with Crippen molar-refractivity contribution in [1.29, 1.82) is 0 Å². The van der Waals surface area contributed by atoms with E-state index in [1.807, 2.05) is 30.3 Å². The first-order valence-corrected chi connectivity index (χ1v) is 9.76. The average molecular weight is 356 g/mol. The van der Waals surface area contributed by atoms with Crippen LogP contribution in [0.1, 0.15) is 67.7 Å². The normalized spacial score (nSPS) is 12.0. The molecule has 0 aliphatic carbocycles. The first kappa shape index (κ1) is 19.7. The Morgan fingerprint density at radius 3 is 2.28 bits per heavy atom. The third-order valence-electron chi connectivity index (χ3n) is 4.69. The number of carbonyl (C=O) groups excluding carboxylic acids is 1. The Morgan fingerprint density at radius 2 is 1.64 bits per heavy atom. The highest BCUT2D eigenvalue weighted by Gasteiger charge is 2.26. The van der Waals surface area contributed by atoms with Crippen LogP contribution in [0.15, 0.2) is 48.5 Å². The fourth-order valence-corrected chi connectivity index (χ4v) is 3.48. The molecular formula is C22H29O2P. The second-order valence-electron chi connectivity index (χ2n) is 6.47. The van der Waals surface area contributed by atoms with Gasteiger partial charge < -0.3 is 4.52 Å². The summed E-state index contributed by atoms with van der Waals surface area (Å²) in [7, 11) is 2.11. The molecule has 0 radical (unpaired) electrons. The first-order chi connectivity index (χ1) is 12.2. The van der Waals surface area contributed by atoms with Crippen molar-refractivity contribution >= 4 is 15.4 Å². The molecule has 0 bridgehead atoms. The summed E-state index contributed by atoms with van der Waals surface area (Å²) in [5.74, 6) is -0.589. The lowest BCUT2D eigenvalue weighted by atomic mass is 9.83. The zero-order chi connectivity index (χ0) is 18.1. The zero-order valence-electron chi connectivity index (χ0n) is 15.3. The lowest BCUT2D eigenvalue weighted by molar-refractivity contribution is -0.133. The quantitative estimate of drug-likeness (QED) is 0.528. The van der Waals surface area contributed by atoms with E-state index in [1.165, 1.54) is 24.0 Å². The van der Waals surface area contributed by atoms with Crippen LogP contribution in [0.5, 0.6) is 0 Å². The summed E-state index contributed by atoms with van der Waals surface area (Å²) < 4.78 is 5.08. The fraction of sp³-hybridized carbons (Fsp3) is 0.409. The van der Waals surface area contributed by atoms with Crippen LogP contribution in [0.3, 0.4) is 0 Å². The molecule has 0 amide bonds. The summed E-state index contributed by atoms with van der Waals surface area (Å²) in [6.45, 7) is 4.42. The molecule has 2 atom stereocenters. The van der Waals surface area contributed by atoms with Crippen molar-refractivity contribution in [2.75, 3.05) is 0 Å². The van der Waals surface area contributed by atoms with Crippen LogP contribution in [0, 0.1) is 0 Å². The molecule has 3 heteroatoms. The molecular weight excluding hydrogens is 327 g/mol. The van der Waals surface area contributed by atoms with Crippen LogP contribution < -0.4 is 0 Å². The van der Waals surface area contributed by atoms with E-state index in [9.17, 15) is 4.79 Å². The van der Waals surface area contributed by atoms with Gasteiger partial charge in [-0.05, 0) is 47.9 Å². The van der Waals surface area contributed by atoms with Crippen LogP contribution in [0.25, 0.3) is 0 Å². The van der Waals surface area contributed by atoms with Gasteiger partial charge in [0.25, 0.3) is 0 Å². The van der Waals surface area contributed by atoms with E-state index in [0.717, 1.165) is 36.8 Å². The van der Waals surface area contributed by atoms with Gasteiger partial charge in [-0.1, -0.05) is 75.2 Å². The Bertz CT molecular complexity index is 667. The number of unbranched alkanes of at least 4 members (excludes halogenated alkanes) is 2. The minimum Gasteiger partial charge on any atom is -0.451 e. The molecule has 2 aromatic rings. The highest BCUT2D eigenvalue weighted by atomic mass is 31.0. The molecule has 0 spiro atoms. The molecule has 2 aromatic carbocycles. The molecule has 0 fully saturated rings. The van der Waals surface area contributed by atoms with E-state index < -0.39 is 0 Å². The Hall–Kier alpha value is -1.66. The smallest absolute Gasteiger partial charge is 0.320 e. The SMILES string of the molecule is CCCCc1cccc(C(C(=O)OP)c2ccccc2)c1CCCC. The van der Waals surface area contributed by atoms with E-state index in [0.29, 0.717) is 0 Å². The maximum atomic E-state index is 12.6. The second-order valence-corrected chi connectivity index (χ2v) is 6.71. The van der Waals surface area contributed by atoms with Crippen molar-refractivity contribution in [2.45, 2.75) is 58.3 Å². The second kappa shape index (κ2) is 10.4. The number of rotatable bonds is 9. The summed E-state index contributed by atoms with van der Waals surface area (Å²) in [5, 5.41) is 0. The summed E-state index contributed by atoms with van der Waals surface area (Å²) in [5.41, 5.74) is 4.80. The lowest BCUT2D eigenvalue weighted by Crippen LogP contribution is -2.17. The van der Waals surface area contributed by atoms with E-state index in [2.05, 4.69) is 41.5 Å². The molecule has 2 nitrogen and oxygen atoms in total. The number of carbonyl (C=O) groups is 1. The summed E-state index contributed by atoms with van der Waals surface area (Å²) in [6.07, 6.45) is 6.71. The molecule has 0 aliphatic rings. The van der Waals surface area contributed by atoms with Crippen LogP contribution in [-0.2, 0) is 22.2 Å². The number of aryl methyl sites for hydroxylation is 1. The molecule has 134 valence electrons. The van der Waals surface area contributed by atoms with Crippen molar-refractivity contribution < 1.29 is 9.32 Å². The maximum absolute atomic E-state index is 12.6. The van der Waals surface area contributed by atoms with E-state index >= 15 is 0 Å². The van der Waals surface area contributed by atoms with Crippen molar-refractivity contribution in [1.82, 2.24) is 0 Å². The highest BCUT2D eigenvalue weighted by molar-refractivity contribution is 7.10. The van der Waals surface area contributed by atoms with Gasteiger partial charge in [0.1, 0.15) is 5.92 Å².